The Labute approximate surface area is 277 Å². The Kier molecular flexibility index (Phi) is 10.6. The second-order valence-electron chi connectivity index (χ2n) is 12.6. The third kappa shape index (κ3) is 7.72. The SMILES string of the molecule is COCCCN1CCOc2ccc(CO[C@H]3CN[C@H](CC(=O)N(C)Cc4nc5ccccc5n4C)CC3c3ccc(OC)cc3)cc21. The van der Waals surface area contributed by atoms with Crippen LogP contribution in [-0.2, 0) is 34.5 Å². The van der Waals surface area contributed by atoms with Gasteiger partial charge in [0.1, 0.15) is 23.9 Å². The van der Waals surface area contributed by atoms with Gasteiger partial charge >= 0.3 is 0 Å². The number of rotatable bonds is 13. The number of aryl methyl sites for hydroxylation is 1. The molecule has 0 aliphatic carbocycles. The molecule has 2 aliphatic heterocycles. The van der Waals surface area contributed by atoms with Crippen molar-refractivity contribution in [1.29, 1.82) is 0 Å². The van der Waals surface area contributed by atoms with Crippen molar-refractivity contribution in [3.05, 3.63) is 83.7 Å². The quantitative estimate of drug-likeness (QED) is 0.207. The lowest BCUT2D eigenvalue weighted by atomic mass is 9.83. The van der Waals surface area contributed by atoms with Gasteiger partial charge in [-0.25, -0.2) is 4.98 Å². The molecular weight excluding hydrogens is 594 g/mol. The van der Waals surface area contributed by atoms with Gasteiger partial charge in [0, 0.05) is 59.3 Å². The maximum Gasteiger partial charge on any atom is 0.224 e. The molecule has 3 atom stereocenters. The van der Waals surface area contributed by atoms with E-state index < -0.39 is 0 Å². The van der Waals surface area contributed by atoms with E-state index in [1.165, 1.54) is 5.56 Å². The van der Waals surface area contributed by atoms with Gasteiger partial charge in [-0.15, -0.1) is 0 Å². The summed E-state index contributed by atoms with van der Waals surface area (Å²) < 4.78 is 25.4. The third-order valence-electron chi connectivity index (χ3n) is 9.47. The minimum Gasteiger partial charge on any atom is -0.497 e. The van der Waals surface area contributed by atoms with Gasteiger partial charge in [-0.1, -0.05) is 30.3 Å². The van der Waals surface area contributed by atoms with Crippen molar-refractivity contribution in [3.63, 3.8) is 0 Å². The van der Waals surface area contributed by atoms with E-state index in [2.05, 4.69) is 51.2 Å². The Hall–Kier alpha value is -4.12. The lowest BCUT2D eigenvalue weighted by Gasteiger charge is -2.38. The van der Waals surface area contributed by atoms with Crippen LogP contribution in [0.1, 0.15) is 42.1 Å². The second-order valence-corrected chi connectivity index (χ2v) is 12.6. The number of amides is 1. The van der Waals surface area contributed by atoms with E-state index in [-0.39, 0.29) is 24.0 Å². The number of nitrogens with one attached hydrogen (secondary N) is 1. The number of carbonyl (C=O) groups excluding carboxylic acids is 1. The zero-order valence-corrected chi connectivity index (χ0v) is 28.0. The van der Waals surface area contributed by atoms with Crippen molar-refractivity contribution in [3.8, 4) is 11.5 Å². The average Bonchev–Trinajstić information content (AvgIpc) is 3.42. The predicted molar refractivity (Wildman–Crippen MR) is 183 cm³/mol. The fourth-order valence-electron chi connectivity index (χ4n) is 6.75. The van der Waals surface area contributed by atoms with Crippen molar-refractivity contribution in [2.75, 3.05) is 59.0 Å². The van der Waals surface area contributed by atoms with Gasteiger partial charge in [0.15, 0.2) is 0 Å². The zero-order valence-electron chi connectivity index (χ0n) is 28.0. The van der Waals surface area contributed by atoms with E-state index in [0.717, 1.165) is 72.1 Å². The Morgan fingerprint density at radius 3 is 2.72 bits per heavy atom. The van der Waals surface area contributed by atoms with Gasteiger partial charge in [-0.3, -0.25) is 4.79 Å². The largest absolute Gasteiger partial charge is 0.497 e. The van der Waals surface area contributed by atoms with Crippen LogP contribution in [0.2, 0.25) is 0 Å². The molecule has 4 aromatic rings. The van der Waals surface area contributed by atoms with Crippen LogP contribution in [-0.4, -0.2) is 86.6 Å². The van der Waals surface area contributed by atoms with E-state index >= 15 is 0 Å². The summed E-state index contributed by atoms with van der Waals surface area (Å²) in [7, 11) is 7.28. The first-order valence-corrected chi connectivity index (χ1v) is 16.6. The number of benzene rings is 3. The average molecular weight is 642 g/mol. The van der Waals surface area contributed by atoms with Crippen LogP contribution in [0.4, 0.5) is 5.69 Å². The molecule has 0 saturated carbocycles. The topological polar surface area (TPSA) is 90.3 Å². The van der Waals surface area contributed by atoms with Gasteiger partial charge in [-0.2, -0.15) is 0 Å². The first kappa shape index (κ1) is 32.8. The zero-order chi connectivity index (χ0) is 32.8. The first-order chi connectivity index (χ1) is 22.9. The van der Waals surface area contributed by atoms with Crippen molar-refractivity contribution in [2.24, 2.45) is 7.05 Å². The van der Waals surface area contributed by atoms with Gasteiger partial charge < -0.3 is 38.6 Å². The molecule has 1 unspecified atom stereocenters. The maximum absolute atomic E-state index is 13.5. The summed E-state index contributed by atoms with van der Waals surface area (Å²) >= 11 is 0. The molecule has 250 valence electrons. The lowest BCUT2D eigenvalue weighted by Crippen LogP contribution is -2.48. The molecular formula is C37H47N5O5. The lowest BCUT2D eigenvalue weighted by molar-refractivity contribution is -0.131. The van der Waals surface area contributed by atoms with E-state index in [1.54, 1.807) is 19.1 Å². The van der Waals surface area contributed by atoms with Crippen LogP contribution < -0.4 is 19.7 Å². The Morgan fingerprint density at radius 1 is 1.11 bits per heavy atom. The Balaban J connectivity index is 1.11. The highest BCUT2D eigenvalue weighted by atomic mass is 16.5. The molecule has 6 rings (SSSR count). The second kappa shape index (κ2) is 15.2. The normalized spacial score (nSPS) is 19.3. The smallest absolute Gasteiger partial charge is 0.224 e. The van der Waals surface area contributed by atoms with Crippen LogP contribution in [0, 0.1) is 0 Å². The number of hydrogen-bond acceptors (Lipinski definition) is 8. The number of fused-ring (bicyclic) bond motifs is 2. The Bertz CT molecular complexity index is 1640. The molecule has 0 bridgehead atoms. The highest BCUT2D eigenvalue weighted by molar-refractivity contribution is 5.78. The van der Waals surface area contributed by atoms with Gasteiger partial charge in [0.25, 0.3) is 0 Å². The number of nitrogens with zero attached hydrogens (tertiary/aromatic N) is 4. The summed E-state index contributed by atoms with van der Waals surface area (Å²) in [6, 6.07) is 22.7. The summed E-state index contributed by atoms with van der Waals surface area (Å²) in [5.41, 5.74) is 5.42. The molecule has 3 heterocycles. The molecule has 1 fully saturated rings. The van der Waals surface area contributed by atoms with E-state index in [1.807, 2.05) is 44.4 Å². The van der Waals surface area contributed by atoms with Crippen molar-refractivity contribution in [2.45, 2.75) is 50.5 Å². The molecule has 3 aromatic carbocycles. The van der Waals surface area contributed by atoms with Gasteiger partial charge in [0.05, 0.1) is 49.6 Å². The van der Waals surface area contributed by atoms with Crippen LogP contribution >= 0.6 is 0 Å². The molecule has 10 nitrogen and oxygen atoms in total. The van der Waals surface area contributed by atoms with E-state index in [0.29, 0.717) is 32.7 Å². The fraction of sp³-hybridized carbons (Fsp3) is 0.459. The van der Waals surface area contributed by atoms with Crippen LogP contribution in [0.5, 0.6) is 11.5 Å². The highest BCUT2D eigenvalue weighted by Crippen LogP contribution is 2.35. The molecule has 0 radical (unpaired) electrons. The number of carbonyl (C=O) groups is 1. The molecule has 2 aliphatic rings. The molecule has 1 N–H and O–H groups in total. The van der Waals surface area contributed by atoms with Crippen molar-refractivity contribution >= 4 is 22.6 Å². The maximum atomic E-state index is 13.5. The number of para-hydroxylation sites is 2. The number of ether oxygens (including phenoxy) is 4. The number of aromatic nitrogens is 2. The number of anilines is 1. The summed E-state index contributed by atoms with van der Waals surface area (Å²) in [6.07, 6.45) is 2.10. The van der Waals surface area contributed by atoms with Crippen LogP contribution in [0.25, 0.3) is 11.0 Å². The fourth-order valence-corrected chi connectivity index (χ4v) is 6.75. The minimum absolute atomic E-state index is 0.0268. The van der Waals surface area contributed by atoms with E-state index in [4.69, 9.17) is 23.9 Å². The molecule has 47 heavy (non-hydrogen) atoms. The third-order valence-corrected chi connectivity index (χ3v) is 9.47. The number of piperidine rings is 1. The molecule has 10 heteroatoms. The standard InChI is InChI=1S/C37H47N5O5/c1-40(24-36-39-31-8-5-6-9-32(31)41(36)2)37(43)22-28-21-30(27-11-13-29(45-4)14-12-27)35(23-38-28)47-25-26-10-15-34-33(20-26)42(17-19-46-34)16-7-18-44-3/h5-6,8-15,20,28,30,35,38H,7,16-19,21-25H2,1-4H3/t28-,30?,35-/m0/s1. The summed E-state index contributed by atoms with van der Waals surface area (Å²) in [4.78, 5) is 22.4. The highest BCUT2D eigenvalue weighted by Gasteiger charge is 2.34. The molecule has 1 aromatic heterocycles. The van der Waals surface area contributed by atoms with Crippen molar-refractivity contribution in [1.82, 2.24) is 19.8 Å². The first-order valence-electron chi connectivity index (χ1n) is 16.6. The minimum atomic E-state index is -0.0578. The number of imidazole rings is 1. The monoisotopic (exact) mass is 641 g/mol. The number of methoxy groups -OCH3 is 2. The molecule has 1 amide bonds. The Morgan fingerprint density at radius 2 is 1.94 bits per heavy atom. The summed E-state index contributed by atoms with van der Waals surface area (Å²) in [6.45, 7) is 4.81. The summed E-state index contributed by atoms with van der Waals surface area (Å²) in [5, 5.41) is 3.64. The van der Waals surface area contributed by atoms with Crippen molar-refractivity contribution < 1.29 is 23.7 Å². The predicted octanol–water partition coefficient (Wildman–Crippen LogP) is 4.90. The number of hydrogen-bond donors (Lipinski definition) is 1. The van der Waals surface area contributed by atoms with Crippen LogP contribution in [0.15, 0.2) is 66.7 Å². The van der Waals surface area contributed by atoms with E-state index in [9.17, 15) is 4.79 Å². The summed E-state index contributed by atoms with van der Waals surface area (Å²) in [5.74, 6) is 2.82. The van der Waals surface area contributed by atoms with Gasteiger partial charge in [0.2, 0.25) is 5.91 Å². The molecule has 0 spiro atoms. The van der Waals surface area contributed by atoms with Crippen LogP contribution in [0.3, 0.4) is 0 Å². The molecule has 1 saturated heterocycles. The van der Waals surface area contributed by atoms with Gasteiger partial charge in [-0.05, 0) is 60.4 Å².